The van der Waals surface area contributed by atoms with Gasteiger partial charge >= 0.3 is 0 Å². The van der Waals surface area contributed by atoms with E-state index in [-0.39, 0.29) is 6.04 Å². The van der Waals surface area contributed by atoms with Gasteiger partial charge in [-0.3, -0.25) is 0 Å². The van der Waals surface area contributed by atoms with Gasteiger partial charge < -0.3 is 10.3 Å². The number of rotatable bonds is 3. The summed E-state index contributed by atoms with van der Waals surface area (Å²) in [6.45, 7) is 3.99. The molecule has 0 saturated heterocycles. The lowest BCUT2D eigenvalue weighted by Crippen LogP contribution is -2.10. The van der Waals surface area contributed by atoms with Crippen LogP contribution in [0, 0.1) is 18.3 Å². The fraction of sp³-hybridized carbons (Fsp3) is 0.231. The molecule has 0 aliphatic rings. The highest BCUT2D eigenvalue weighted by molar-refractivity contribution is 5.62. The third-order valence-electron chi connectivity index (χ3n) is 2.68. The van der Waals surface area contributed by atoms with Crippen molar-refractivity contribution in [3.05, 3.63) is 47.5 Å². The van der Waals surface area contributed by atoms with Crippen LogP contribution in [0.25, 0.3) is 0 Å². The van der Waals surface area contributed by atoms with E-state index in [1.165, 1.54) is 0 Å². The highest BCUT2D eigenvalue weighted by Gasteiger charge is 2.11. The molecule has 0 amide bonds. The number of H-pyrrole nitrogens is 1. The lowest BCUT2D eigenvalue weighted by Gasteiger charge is -2.16. The van der Waals surface area contributed by atoms with Crippen LogP contribution in [0.1, 0.15) is 29.9 Å². The van der Waals surface area contributed by atoms with E-state index in [2.05, 4.69) is 21.4 Å². The Hall–Kier alpha value is -2.28. The maximum Gasteiger partial charge on any atom is 0.128 e. The third-order valence-corrected chi connectivity index (χ3v) is 2.68. The zero-order valence-electron chi connectivity index (χ0n) is 9.86. The highest BCUT2D eigenvalue weighted by atomic mass is 15.0. The van der Waals surface area contributed by atoms with Gasteiger partial charge in [-0.15, -0.1) is 0 Å². The normalized spacial score (nSPS) is 11.8. The van der Waals surface area contributed by atoms with Crippen LogP contribution in [0.5, 0.6) is 0 Å². The number of hydrogen-bond donors (Lipinski definition) is 2. The predicted octanol–water partition coefficient (Wildman–Crippen LogP) is 2.76. The van der Waals surface area contributed by atoms with Crippen LogP contribution in [0.4, 0.5) is 5.69 Å². The number of nitrogens with one attached hydrogen (secondary N) is 2. The molecule has 86 valence electrons. The van der Waals surface area contributed by atoms with Crippen LogP contribution in [-0.2, 0) is 0 Å². The molecule has 0 aliphatic heterocycles. The standard InChI is InChI=1S/C13H14N4/c1-9-4-3-5-11(8-14)12(9)17-10(2)13-15-6-7-16-13/h3-7,10,17H,1-2H3,(H,15,16). The molecule has 4 nitrogen and oxygen atoms in total. The van der Waals surface area contributed by atoms with Gasteiger partial charge in [-0.2, -0.15) is 5.26 Å². The number of aromatic nitrogens is 2. The minimum absolute atomic E-state index is 0.0400. The smallest absolute Gasteiger partial charge is 0.128 e. The third kappa shape index (κ3) is 2.28. The number of aryl methyl sites for hydroxylation is 1. The quantitative estimate of drug-likeness (QED) is 0.845. The SMILES string of the molecule is Cc1cccc(C#N)c1NC(C)c1ncc[nH]1. The van der Waals surface area contributed by atoms with E-state index < -0.39 is 0 Å². The van der Waals surface area contributed by atoms with Gasteiger partial charge in [0.2, 0.25) is 0 Å². The van der Waals surface area contributed by atoms with Gasteiger partial charge in [0.05, 0.1) is 17.3 Å². The summed E-state index contributed by atoms with van der Waals surface area (Å²) < 4.78 is 0. The number of hydrogen-bond acceptors (Lipinski definition) is 3. The molecule has 0 radical (unpaired) electrons. The van der Waals surface area contributed by atoms with Crippen molar-refractivity contribution in [2.24, 2.45) is 0 Å². The summed E-state index contributed by atoms with van der Waals surface area (Å²) in [4.78, 5) is 7.25. The van der Waals surface area contributed by atoms with E-state index in [1.54, 1.807) is 12.4 Å². The van der Waals surface area contributed by atoms with Crippen LogP contribution < -0.4 is 5.32 Å². The topological polar surface area (TPSA) is 64.5 Å². The molecule has 0 bridgehead atoms. The molecule has 0 fully saturated rings. The van der Waals surface area contributed by atoms with Gasteiger partial charge in [-0.05, 0) is 25.5 Å². The van der Waals surface area contributed by atoms with Crippen molar-refractivity contribution in [2.45, 2.75) is 19.9 Å². The molecule has 1 aromatic heterocycles. The van der Waals surface area contributed by atoms with Gasteiger partial charge in [-0.25, -0.2) is 4.98 Å². The molecular weight excluding hydrogens is 212 g/mol. The predicted molar refractivity (Wildman–Crippen MR) is 66.5 cm³/mol. The number of nitriles is 1. The molecule has 0 saturated carbocycles. The van der Waals surface area contributed by atoms with E-state index in [0.29, 0.717) is 5.56 Å². The van der Waals surface area contributed by atoms with E-state index in [9.17, 15) is 0 Å². The van der Waals surface area contributed by atoms with Crippen molar-refractivity contribution in [1.82, 2.24) is 9.97 Å². The maximum absolute atomic E-state index is 9.07. The largest absolute Gasteiger partial charge is 0.374 e. The summed E-state index contributed by atoms with van der Waals surface area (Å²) in [6.07, 6.45) is 3.51. The Kier molecular flexibility index (Phi) is 3.10. The second-order valence-electron chi connectivity index (χ2n) is 3.95. The first kappa shape index (κ1) is 11.2. The fourth-order valence-electron chi connectivity index (χ4n) is 1.75. The maximum atomic E-state index is 9.07. The molecule has 0 spiro atoms. The molecule has 1 heterocycles. The summed E-state index contributed by atoms with van der Waals surface area (Å²) in [5.74, 6) is 0.858. The van der Waals surface area contributed by atoms with E-state index in [1.807, 2.05) is 32.0 Å². The second kappa shape index (κ2) is 4.71. The van der Waals surface area contributed by atoms with Crippen molar-refractivity contribution in [1.29, 1.82) is 5.26 Å². The monoisotopic (exact) mass is 226 g/mol. The molecule has 0 aliphatic carbocycles. The number of nitrogens with zero attached hydrogens (tertiary/aromatic N) is 2. The van der Waals surface area contributed by atoms with Crippen molar-refractivity contribution < 1.29 is 0 Å². The van der Waals surface area contributed by atoms with E-state index >= 15 is 0 Å². The molecule has 4 heteroatoms. The number of benzene rings is 1. The Morgan fingerprint density at radius 2 is 2.29 bits per heavy atom. The van der Waals surface area contributed by atoms with Crippen molar-refractivity contribution in [3.63, 3.8) is 0 Å². The van der Waals surface area contributed by atoms with Gasteiger partial charge in [-0.1, -0.05) is 12.1 Å². The Labute approximate surface area is 100 Å². The first-order chi connectivity index (χ1) is 8.22. The molecule has 2 aromatic rings. The average molecular weight is 226 g/mol. The fourth-order valence-corrected chi connectivity index (χ4v) is 1.75. The minimum Gasteiger partial charge on any atom is -0.374 e. The van der Waals surface area contributed by atoms with E-state index in [0.717, 1.165) is 17.1 Å². The van der Waals surface area contributed by atoms with Crippen molar-refractivity contribution >= 4 is 5.69 Å². The summed E-state index contributed by atoms with van der Waals surface area (Å²) >= 11 is 0. The second-order valence-corrected chi connectivity index (χ2v) is 3.95. The van der Waals surface area contributed by atoms with Crippen molar-refractivity contribution in [2.75, 3.05) is 5.32 Å². The molecule has 1 unspecified atom stereocenters. The summed E-state index contributed by atoms with van der Waals surface area (Å²) in [6, 6.07) is 7.91. The Balaban J connectivity index is 2.28. The molecule has 2 N–H and O–H groups in total. The molecule has 2 rings (SSSR count). The minimum atomic E-state index is 0.0400. The first-order valence-electron chi connectivity index (χ1n) is 5.48. The first-order valence-corrected chi connectivity index (χ1v) is 5.48. The van der Waals surface area contributed by atoms with Crippen LogP contribution in [0.15, 0.2) is 30.6 Å². The Morgan fingerprint density at radius 1 is 1.47 bits per heavy atom. The summed E-state index contributed by atoms with van der Waals surface area (Å²) in [7, 11) is 0. The van der Waals surface area contributed by atoms with Gasteiger partial charge in [0.15, 0.2) is 0 Å². The van der Waals surface area contributed by atoms with Crippen molar-refractivity contribution in [3.8, 4) is 6.07 Å². The number of aromatic amines is 1. The molecule has 17 heavy (non-hydrogen) atoms. The van der Waals surface area contributed by atoms with Gasteiger partial charge in [0.1, 0.15) is 11.9 Å². The highest BCUT2D eigenvalue weighted by Crippen LogP contribution is 2.23. The molecule has 1 aromatic carbocycles. The average Bonchev–Trinajstić information content (AvgIpc) is 2.85. The van der Waals surface area contributed by atoms with Crippen LogP contribution in [0.3, 0.4) is 0 Å². The van der Waals surface area contributed by atoms with Crippen LogP contribution in [-0.4, -0.2) is 9.97 Å². The van der Waals surface area contributed by atoms with Crippen LogP contribution >= 0.6 is 0 Å². The lowest BCUT2D eigenvalue weighted by atomic mass is 10.1. The number of imidazole rings is 1. The number of para-hydroxylation sites is 1. The van der Waals surface area contributed by atoms with Crippen LogP contribution in [0.2, 0.25) is 0 Å². The summed E-state index contributed by atoms with van der Waals surface area (Å²) in [5.41, 5.74) is 2.59. The molecular formula is C13H14N4. The Morgan fingerprint density at radius 3 is 2.94 bits per heavy atom. The summed E-state index contributed by atoms with van der Waals surface area (Å²) in [5, 5.41) is 12.4. The Bertz CT molecular complexity index is 537. The zero-order chi connectivity index (χ0) is 12.3. The lowest BCUT2D eigenvalue weighted by molar-refractivity contribution is 0.808. The van der Waals surface area contributed by atoms with Gasteiger partial charge in [0.25, 0.3) is 0 Å². The van der Waals surface area contributed by atoms with E-state index in [4.69, 9.17) is 5.26 Å². The number of anilines is 1. The zero-order valence-corrected chi connectivity index (χ0v) is 9.86. The van der Waals surface area contributed by atoms with Gasteiger partial charge in [0, 0.05) is 12.4 Å². The molecule has 1 atom stereocenters.